The average molecular weight is 409 g/mol. The molecule has 0 bridgehead atoms. The Bertz CT molecular complexity index is 941. The number of nitrogens with zero attached hydrogens (tertiary/aromatic N) is 4. The number of thiazole rings is 1. The van der Waals surface area contributed by atoms with E-state index in [2.05, 4.69) is 27.4 Å². The Morgan fingerprint density at radius 2 is 1.93 bits per heavy atom. The first-order chi connectivity index (χ1) is 14.2. The normalized spacial score (nSPS) is 14.9. The first-order valence-electron chi connectivity index (χ1n) is 10.6. The van der Waals surface area contributed by atoms with Crippen molar-refractivity contribution in [3.63, 3.8) is 0 Å². The maximum atomic E-state index is 12.7. The van der Waals surface area contributed by atoms with Crippen LogP contribution in [-0.2, 0) is 12.8 Å². The minimum absolute atomic E-state index is 0.146. The van der Waals surface area contributed by atoms with E-state index in [9.17, 15) is 4.79 Å². The van der Waals surface area contributed by atoms with Gasteiger partial charge in [0.2, 0.25) is 5.13 Å². The van der Waals surface area contributed by atoms with Crippen LogP contribution in [0.2, 0.25) is 0 Å². The van der Waals surface area contributed by atoms with E-state index in [-0.39, 0.29) is 5.78 Å². The van der Waals surface area contributed by atoms with Crippen LogP contribution in [-0.4, -0.2) is 25.8 Å². The summed E-state index contributed by atoms with van der Waals surface area (Å²) in [5.41, 5.74) is 2.98. The highest BCUT2D eigenvalue weighted by molar-refractivity contribution is 7.16. The first kappa shape index (κ1) is 20.0. The SMILES string of the molecule is Cc1nc(-n2cc(CCC3CCCCC3)nn2)sc1C(=O)CCc1ccccc1. The summed E-state index contributed by atoms with van der Waals surface area (Å²) in [5, 5.41) is 9.32. The second-order valence-corrected chi connectivity index (χ2v) is 8.99. The van der Waals surface area contributed by atoms with Crippen molar-refractivity contribution in [3.8, 4) is 5.13 Å². The predicted molar refractivity (Wildman–Crippen MR) is 116 cm³/mol. The van der Waals surface area contributed by atoms with E-state index >= 15 is 0 Å². The third kappa shape index (κ3) is 5.18. The highest BCUT2D eigenvalue weighted by Crippen LogP contribution is 2.28. The lowest BCUT2D eigenvalue weighted by Crippen LogP contribution is -2.07. The summed E-state index contributed by atoms with van der Waals surface area (Å²) in [7, 11) is 0. The predicted octanol–water partition coefficient (Wildman–Crippen LogP) is 5.36. The minimum atomic E-state index is 0.146. The van der Waals surface area contributed by atoms with Gasteiger partial charge in [0, 0.05) is 6.42 Å². The van der Waals surface area contributed by atoms with Gasteiger partial charge in [-0.2, -0.15) is 4.68 Å². The Morgan fingerprint density at radius 3 is 2.72 bits per heavy atom. The van der Waals surface area contributed by atoms with Crippen LogP contribution in [0.3, 0.4) is 0 Å². The van der Waals surface area contributed by atoms with E-state index in [1.165, 1.54) is 55.4 Å². The Kier molecular flexibility index (Phi) is 6.49. The second-order valence-electron chi connectivity index (χ2n) is 8.02. The topological polar surface area (TPSA) is 60.7 Å². The van der Waals surface area contributed by atoms with Crippen LogP contribution in [0, 0.1) is 12.8 Å². The van der Waals surface area contributed by atoms with Gasteiger partial charge < -0.3 is 0 Å². The molecule has 29 heavy (non-hydrogen) atoms. The van der Waals surface area contributed by atoms with E-state index in [1.807, 2.05) is 31.3 Å². The van der Waals surface area contributed by atoms with E-state index in [4.69, 9.17) is 0 Å². The average Bonchev–Trinajstić information content (AvgIpc) is 3.39. The van der Waals surface area contributed by atoms with Crippen molar-refractivity contribution in [2.75, 3.05) is 0 Å². The van der Waals surface area contributed by atoms with E-state index in [1.54, 1.807) is 4.68 Å². The number of aromatic nitrogens is 4. The number of ketones is 1. The van der Waals surface area contributed by atoms with Crippen LogP contribution in [0.1, 0.15) is 71.6 Å². The highest BCUT2D eigenvalue weighted by atomic mass is 32.1. The van der Waals surface area contributed by atoms with E-state index in [0.717, 1.165) is 40.2 Å². The number of hydrogen-bond donors (Lipinski definition) is 0. The molecule has 0 radical (unpaired) electrons. The van der Waals surface area contributed by atoms with Crippen molar-refractivity contribution in [1.82, 2.24) is 20.0 Å². The zero-order valence-electron chi connectivity index (χ0n) is 17.0. The monoisotopic (exact) mass is 408 g/mol. The molecule has 1 aliphatic carbocycles. The van der Waals surface area contributed by atoms with Gasteiger partial charge in [-0.3, -0.25) is 4.79 Å². The number of rotatable bonds is 8. The summed E-state index contributed by atoms with van der Waals surface area (Å²) in [4.78, 5) is 18.0. The van der Waals surface area contributed by atoms with Crippen molar-refractivity contribution in [2.45, 2.75) is 64.7 Å². The summed E-state index contributed by atoms with van der Waals surface area (Å²) in [6.07, 6.45) is 12.2. The van der Waals surface area contributed by atoms with Gasteiger partial charge in [-0.1, -0.05) is 79.0 Å². The van der Waals surface area contributed by atoms with Crippen LogP contribution in [0.4, 0.5) is 0 Å². The van der Waals surface area contributed by atoms with Crippen LogP contribution in [0.5, 0.6) is 0 Å². The van der Waals surface area contributed by atoms with Gasteiger partial charge in [-0.05, 0) is 37.7 Å². The molecule has 0 aliphatic heterocycles. The lowest BCUT2D eigenvalue weighted by molar-refractivity contribution is 0.0986. The third-order valence-corrected chi connectivity index (χ3v) is 6.98. The fraction of sp³-hybridized carbons (Fsp3) is 0.478. The Labute approximate surface area is 176 Å². The molecular formula is C23H28N4OS. The molecule has 1 aromatic carbocycles. The summed E-state index contributed by atoms with van der Waals surface area (Å²) >= 11 is 1.42. The van der Waals surface area contributed by atoms with Crippen LogP contribution in [0.25, 0.3) is 5.13 Å². The summed E-state index contributed by atoms with van der Waals surface area (Å²) in [6.45, 7) is 1.90. The van der Waals surface area contributed by atoms with Gasteiger partial charge in [0.05, 0.1) is 22.5 Å². The van der Waals surface area contributed by atoms with Crippen molar-refractivity contribution in [3.05, 3.63) is 58.4 Å². The number of benzene rings is 1. The van der Waals surface area contributed by atoms with Crippen LogP contribution >= 0.6 is 11.3 Å². The lowest BCUT2D eigenvalue weighted by Gasteiger charge is -2.20. The number of Topliss-reactive ketones (excluding diaryl/α,β-unsaturated/α-hetero) is 1. The van der Waals surface area contributed by atoms with Gasteiger partial charge in [0.25, 0.3) is 0 Å². The van der Waals surface area contributed by atoms with Gasteiger partial charge in [0.15, 0.2) is 5.78 Å². The van der Waals surface area contributed by atoms with Crippen LogP contribution < -0.4 is 0 Å². The van der Waals surface area contributed by atoms with Crippen molar-refractivity contribution >= 4 is 17.1 Å². The molecule has 1 aliphatic rings. The Morgan fingerprint density at radius 1 is 1.14 bits per heavy atom. The Balaban J connectivity index is 1.37. The molecule has 0 saturated heterocycles. The second kappa shape index (κ2) is 9.44. The van der Waals surface area contributed by atoms with E-state index in [0.29, 0.717) is 6.42 Å². The van der Waals surface area contributed by atoms with Crippen molar-refractivity contribution in [1.29, 1.82) is 0 Å². The maximum Gasteiger partial charge on any atom is 0.212 e. The summed E-state index contributed by atoms with van der Waals surface area (Å²) in [6, 6.07) is 10.1. The molecule has 2 aromatic heterocycles. The molecule has 3 aromatic rings. The van der Waals surface area contributed by atoms with Crippen molar-refractivity contribution < 1.29 is 4.79 Å². The van der Waals surface area contributed by atoms with E-state index < -0.39 is 0 Å². The van der Waals surface area contributed by atoms with Gasteiger partial charge in [-0.25, -0.2) is 4.98 Å². The number of hydrogen-bond acceptors (Lipinski definition) is 5. The van der Waals surface area contributed by atoms with Gasteiger partial charge in [0.1, 0.15) is 0 Å². The molecule has 0 amide bonds. The fourth-order valence-corrected chi connectivity index (χ4v) is 5.05. The standard InChI is InChI=1S/C23H28N4OS/c1-17-22(21(28)15-13-19-10-6-3-7-11-19)29-23(24-17)27-16-20(25-26-27)14-12-18-8-4-2-5-9-18/h3,6-7,10-11,16,18H,2,4-5,8-9,12-15H2,1H3. The molecule has 6 heteroatoms. The minimum Gasteiger partial charge on any atom is -0.293 e. The summed E-state index contributed by atoms with van der Waals surface area (Å²) < 4.78 is 1.72. The number of aryl methyl sites for hydroxylation is 3. The van der Waals surface area contributed by atoms with Crippen molar-refractivity contribution in [2.24, 2.45) is 5.92 Å². The smallest absolute Gasteiger partial charge is 0.212 e. The number of carbonyl (C=O) groups excluding carboxylic acids is 1. The molecule has 1 fully saturated rings. The zero-order valence-corrected chi connectivity index (χ0v) is 17.8. The molecular weight excluding hydrogens is 380 g/mol. The Hall–Kier alpha value is -2.34. The lowest BCUT2D eigenvalue weighted by atomic mass is 9.86. The summed E-state index contributed by atoms with van der Waals surface area (Å²) in [5.74, 6) is 0.984. The maximum absolute atomic E-state index is 12.7. The quantitative estimate of drug-likeness (QED) is 0.471. The first-order valence-corrected chi connectivity index (χ1v) is 11.5. The van der Waals surface area contributed by atoms with Gasteiger partial charge in [-0.15, -0.1) is 5.10 Å². The van der Waals surface area contributed by atoms with Crippen LogP contribution in [0.15, 0.2) is 36.5 Å². The largest absolute Gasteiger partial charge is 0.293 e. The number of carbonyl (C=O) groups is 1. The molecule has 0 atom stereocenters. The molecule has 0 N–H and O–H groups in total. The molecule has 5 nitrogen and oxygen atoms in total. The zero-order chi connectivity index (χ0) is 20.1. The molecule has 4 rings (SSSR count). The molecule has 0 unspecified atom stereocenters. The molecule has 2 heterocycles. The molecule has 0 spiro atoms. The van der Waals surface area contributed by atoms with Gasteiger partial charge >= 0.3 is 0 Å². The molecule has 152 valence electrons. The third-order valence-electron chi connectivity index (χ3n) is 5.79. The fourth-order valence-electron chi connectivity index (χ4n) is 4.09. The highest BCUT2D eigenvalue weighted by Gasteiger charge is 2.18. The molecule has 1 saturated carbocycles.